The van der Waals surface area contributed by atoms with E-state index in [-0.39, 0.29) is 35.6 Å². The molecule has 0 aliphatic carbocycles. The summed E-state index contributed by atoms with van der Waals surface area (Å²) in [6.45, 7) is 0.580. The fraction of sp³-hybridized carbons (Fsp3) is 0.500. The number of hydrogen-bond donors (Lipinski definition) is 2. The van der Waals surface area contributed by atoms with Gasteiger partial charge in [-0.1, -0.05) is 6.07 Å². The summed E-state index contributed by atoms with van der Waals surface area (Å²) in [7, 11) is 0. The second-order valence-electron chi connectivity index (χ2n) is 5.97. The molecule has 1 aromatic rings. The van der Waals surface area contributed by atoms with Gasteiger partial charge in [-0.25, -0.2) is 0 Å². The molecule has 0 radical (unpaired) electrons. The number of hydrogen-bond acceptors (Lipinski definition) is 5. The standard InChI is InChI=1S/C16H19N3O3/c20-9-10-7-14(13-3-1-2-6-17-13)18-8-12(10)11-4-5-15(21)19-16(11)22/h1-3,6,9-12,14,18H,4-5,7-8H2,(H,19,21,22)/t10?,11-,12?,14?/m1/s1. The molecule has 0 bridgehead atoms. The Balaban J connectivity index is 1.72. The molecule has 3 heterocycles. The van der Waals surface area contributed by atoms with Gasteiger partial charge in [-0.05, 0) is 30.9 Å². The first-order chi connectivity index (χ1) is 10.7. The number of nitrogens with one attached hydrogen (secondary N) is 2. The van der Waals surface area contributed by atoms with Gasteiger partial charge in [0.25, 0.3) is 0 Å². The molecule has 2 aliphatic rings. The number of amides is 2. The highest BCUT2D eigenvalue weighted by Gasteiger charge is 2.41. The third kappa shape index (κ3) is 2.92. The second-order valence-corrected chi connectivity index (χ2v) is 5.97. The maximum Gasteiger partial charge on any atom is 0.230 e. The number of imide groups is 1. The molecule has 3 rings (SSSR count). The van der Waals surface area contributed by atoms with Crippen LogP contribution in [0.4, 0.5) is 0 Å². The predicted molar refractivity (Wildman–Crippen MR) is 78.5 cm³/mol. The van der Waals surface area contributed by atoms with Crippen LogP contribution in [0, 0.1) is 17.8 Å². The van der Waals surface area contributed by atoms with Crippen molar-refractivity contribution in [3.05, 3.63) is 30.1 Å². The smallest absolute Gasteiger partial charge is 0.230 e. The minimum atomic E-state index is -0.273. The van der Waals surface area contributed by atoms with E-state index in [1.165, 1.54) is 0 Å². The van der Waals surface area contributed by atoms with Crippen molar-refractivity contribution in [3.63, 3.8) is 0 Å². The van der Waals surface area contributed by atoms with E-state index in [1.54, 1.807) is 6.20 Å². The van der Waals surface area contributed by atoms with Crippen molar-refractivity contribution in [3.8, 4) is 0 Å². The molecule has 2 N–H and O–H groups in total. The highest BCUT2D eigenvalue weighted by molar-refractivity contribution is 5.98. The number of aldehydes is 1. The first-order valence-corrected chi connectivity index (χ1v) is 7.62. The Hall–Kier alpha value is -2.08. The SMILES string of the molecule is O=CC1CC(c2ccccn2)NCC1[C@H]1CCC(=O)NC1=O. The van der Waals surface area contributed by atoms with Crippen molar-refractivity contribution in [2.75, 3.05) is 6.54 Å². The van der Waals surface area contributed by atoms with Gasteiger partial charge in [-0.15, -0.1) is 0 Å². The van der Waals surface area contributed by atoms with Gasteiger partial charge < -0.3 is 10.1 Å². The predicted octanol–water partition coefficient (Wildman–Crippen LogP) is 0.600. The van der Waals surface area contributed by atoms with E-state index in [4.69, 9.17) is 0 Å². The molecule has 0 spiro atoms. The molecule has 3 unspecified atom stereocenters. The van der Waals surface area contributed by atoms with E-state index in [1.807, 2.05) is 18.2 Å². The summed E-state index contributed by atoms with van der Waals surface area (Å²) < 4.78 is 0. The fourth-order valence-electron chi connectivity index (χ4n) is 3.48. The summed E-state index contributed by atoms with van der Waals surface area (Å²) in [4.78, 5) is 39.1. The van der Waals surface area contributed by atoms with Gasteiger partial charge in [-0.3, -0.25) is 19.9 Å². The molecule has 0 aromatic carbocycles. The molecular formula is C16H19N3O3. The zero-order valence-electron chi connectivity index (χ0n) is 12.2. The number of carbonyl (C=O) groups is 3. The lowest BCUT2D eigenvalue weighted by Gasteiger charge is -2.39. The van der Waals surface area contributed by atoms with Crippen LogP contribution in [0.25, 0.3) is 0 Å². The maximum absolute atomic E-state index is 12.0. The monoisotopic (exact) mass is 301 g/mol. The zero-order valence-corrected chi connectivity index (χ0v) is 12.2. The van der Waals surface area contributed by atoms with Gasteiger partial charge >= 0.3 is 0 Å². The summed E-state index contributed by atoms with van der Waals surface area (Å²) in [6, 6.07) is 5.74. The van der Waals surface area contributed by atoms with Gasteiger partial charge in [0.15, 0.2) is 0 Å². The number of carbonyl (C=O) groups excluding carboxylic acids is 3. The molecule has 6 heteroatoms. The quantitative estimate of drug-likeness (QED) is 0.630. The zero-order chi connectivity index (χ0) is 15.5. The first-order valence-electron chi connectivity index (χ1n) is 7.62. The number of pyridine rings is 1. The van der Waals surface area contributed by atoms with Gasteiger partial charge in [-0.2, -0.15) is 0 Å². The molecule has 2 fully saturated rings. The summed E-state index contributed by atoms with van der Waals surface area (Å²) in [5, 5.41) is 5.77. The number of nitrogens with zero attached hydrogens (tertiary/aromatic N) is 1. The van der Waals surface area contributed by atoms with Crippen LogP contribution in [0.15, 0.2) is 24.4 Å². The summed E-state index contributed by atoms with van der Waals surface area (Å²) >= 11 is 0. The van der Waals surface area contributed by atoms with Crippen LogP contribution in [0.2, 0.25) is 0 Å². The molecule has 1 aromatic heterocycles. The van der Waals surface area contributed by atoms with Crippen LogP contribution >= 0.6 is 0 Å². The van der Waals surface area contributed by atoms with Crippen molar-refractivity contribution >= 4 is 18.1 Å². The van der Waals surface area contributed by atoms with Crippen molar-refractivity contribution < 1.29 is 14.4 Å². The second kappa shape index (κ2) is 6.36. The number of aromatic nitrogens is 1. The summed E-state index contributed by atoms with van der Waals surface area (Å²) in [5.41, 5.74) is 0.913. The van der Waals surface area contributed by atoms with Crippen LogP contribution in [-0.2, 0) is 14.4 Å². The molecule has 2 aliphatic heterocycles. The largest absolute Gasteiger partial charge is 0.308 e. The van der Waals surface area contributed by atoms with E-state index in [0.717, 1.165) is 12.0 Å². The molecule has 2 saturated heterocycles. The van der Waals surface area contributed by atoms with Crippen LogP contribution in [0.1, 0.15) is 31.0 Å². The van der Waals surface area contributed by atoms with E-state index in [9.17, 15) is 14.4 Å². The number of rotatable bonds is 3. The molecule has 4 atom stereocenters. The maximum atomic E-state index is 12.0. The normalized spacial score (nSPS) is 32.4. The Labute approximate surface area is 128 Å². The lowest BCUT2D eigenvalue weighted by molar-refractivity contribution is -0.139. The average molecular weight is 301 g/mol. The minimum Gasteiger partial charge on any atom is -0.308 e. The minimum absolute atomic E-state index is 0.0286. The van der Waals surface area contributed by atoms with Gasteiger partial charge in [0, 0.05) is 31.0 Å². The van der Waals surface area contributed by atoms with Crippen LogP contribution in [0.5, 0.6) is 0 Å². The van der Waals surface area contributed by atoms with Crippen molar-refractivity contribution in [1.29, 1.82) is 0 Å². The highest BCUT2D eigenvalue weighted by atomic mass is 16.2. The van der Waals surface area contributed by atoms with Crippen molar-refractivity contribution in [2.24, 2.45) is 17.8 Å². The molecule has 6 nitrogen and oxygen atoms in total. The Kier molecular flexibility index (Phi) is 4.29. The molecule has 0 saturated carbocycles. The highest BCUT2D eigenvalue weighted by Crippen LogP contribution is 2.35. The Morgan fingerprint density at radius 3 is 2.82 bits per heavy atom. The Morgan fingerprint density at radius 2 is 2.14 bits per heavy atom. The van der Waals surface area contributed by atoms with Crippen LogP contribution in [-0.4, -0.2) is 29.6 Å². The van der Waals surface area contributed by atoms with E-state index in [0.29, 0.717) is 25.8 Å². The third-order valence-electron chi connectivity index (χ3n) is 4.68. The Morgan fingerprint density at radius 1 is 1.27 bits per heavy atom. The first kappa shape index (κ1) is 14.8. The Bertz CT molecular complexity index is 575. The molecule has 2 amide bonds. The van der Waals surface area contributed by atoms with E-state index < -0.39 is 0 Å². The van der Waals surface area contributed by atoms with Gasteiger partial charge in [0.2, 0.25) is 11.8 Å². The number of piperidine rings is 2. The van der Waals surface area contributed by atoms with Gasteiger partial charge in [0.05, 0.1) is 11.7 Å². The van der Waals surface area contributed by atoms with Crippen LogP contribution in [0.3, 0.4) is 0 Å². The lowest BCUT2D eigenvalue weighted by atomic mass is 9.73. The van der Waals surface area contributed by atoms with E-state index >= 15 is 0 Å². The fourth-order valence-corrected chi connectivity index (χ4v) is 3.48. The van der Waals surface area contributed by atoms with E-state index in [2.05, 4.69) is 15.6 Å². The average Bonchev–Trinajstić information content (AvgIpc) is 2.55. The lowest BCUT2D eigenvalue weighted by Crippen LogP contribution is -2.50. The van der Waals surface area contributed by atoms with Crippen molar-refractivity contribution in [1.82, 2.24) is 15.6 Å². The molecular weight excluding hydrogens is 282 g/mol. The van der Waals surface area contributed by atoms with Crippen molar-refractivity contribution in [2.45, 2.75) is 25.3 Å². The van der Waals surface area contributed by atoms with Crippen LogP contribution < -0.4 is 10.6 Å². The van der Waals surface area contributed by atoms with Gasteiger partial charge in [0.1, 0.15) is 6.29 Å². The molecule has 116 valence electrons. The topological polar surface area (TPSA) is 88.2 Å². The summed E-state index contributed by atoms with van der Waals surface area (Å²) in [6.07, 6.45) is 4.19. The third-order valence-corrected chi connectivity index (χ3v) is 4.68. The summed E-state index contributed by atoms with van der Waals surface area (Å²) in [5.74, 6) is -1.00. The molecule has 22 heavy (non-hydrogen) atoms.